The largest absolute Gasteiger partial charge is 0.495 e. The zero-order valence-electron chi connectivity index (χ0n) is 28.5. The second-order valence-corrected chi connectivity index (χ2v) is 15.8. The van der Waals surface area contributed by atoms with E-state index < -0.39 is 55.5 Å². The maximum absolute atomic E-state index is 14.8. The van der Waals surface area contributed by atoms with Crippen molar-refractivity contribution >= 4 is 68.0 Å². The van der Waals surface area contributed by atoms with Gasteiger partial charge in [-0.25, -0.2) is 8.42 Å². The first-order valence-corrected chi connectivity index (χ1v) is 18.2. The summed E-state index contributed by atoms with van der Waals surface area (Å²) in [6.07, 6.45) is 0.0496. The summed E-state index contributed by atoms with van der Waals surface area (Å²) in [6, 6.07) is 20.3. The van der Waals surface area contributed by atoms with Gasteiger partial charge in [0, 0.05) is 50.8 Å². The summed E-state index contributed by atoms with van der Waals surface area (Å²) >= 11 is 19.5. The number of carbonyl (C=O) groups excluding carboxylic acids is 2. The molecule has 0 bridgehead atoms. The zero-order chi connectivity index (χ0) is 37.7. The van der Waals surface area contributed by atoms with Crippen LogP contribution in [0.25, 0.3) is 0 Å². The zero-order valence-corrected chi connectivity index (χ0v) is 31.6. The molecule has 270 valence electrons. The molecule has 1 atom stereocenters. The van der Waals surface area contributed by atoms with Gasteiger partial charge in [0.2, 0.25) is 11.8 Å². The molecular weight excluding hydrogens is 739 g/mol. The summed E-state index contributed by atoms with van der Waals surface area (Å²) in [5.41, 5.74) is 0.0424. The molecule has 0 aliphatic carbocycles. The van der Waals surface area contributed by atoms with Crippen LogP contribution in [0.5, 0.6) is 5.75 Å². The van der Waals surface area contributed by atoms with Gasteiger partial charge in [0.1, 0.15) is 18.3 Å². The number of benzene rings is 4. The topological polar surface area (TPSA) is 139 Å². The van der Waals surface area contributed by atoms with Gasteiger partial charge in [0.25, 0.3) is 15.7 Å². The van der Waals surface area contributed by atoms with Crippen molar-refractivity contribution in [2.24, 2.45) is 0 Å². The molecule has 0 aliphatic heterocycles. The number of nitrogens with one attached hydrogen (secondary N) is 1. The highest BCUT2D eigenvalue weighted by Gasteiger charge is 2.37. The first kappa shape index (κ1) is 39.4. The number of halogens is 3. The van der Waals surface area contributed by atoms with Gasteiger partial charge in [-0.2, -0.15) is 0 Å². The SMILES string of the molecule is COc1ccc(Cl)cc1N(CC(=O)N(Cc1c(Cl)cccc1Cl)C(Cc1ccccc1)C(=O)NC(C)(C)C)S(=O)(=O)c1ccc(C)c([N+](=O)[O-])c1. The number of aryl methyl sites for hydroxylation is 1. The predicted molar refractivity (Wildman–Crippen MR) is 199 cm³/mol. The van der Waals surface area contributed by atoms with Gasteiger partial charge in [0.05, 0.1) is 22.6 Å². The van der Waals surface area contributed by atoms with Crippen LogP contribution in [-0.4, -0.2) is 55.3 Å². The summed E-state index contributed by atoms with van der Waals surface area (Å²) in [5.74, 6) is -1.28. The van der Waals surface area contributed by atoms with Crippen molar-refractivity contribution in [1.82, 2.24) is 10.2 Å². The van der Waals surface area contributed by atoms with Crippen LogP contribution in [0, 0.1) is 17.0 Å². The molecule has 0 aromatic heterocycles. The number of rotatable bonds is 13. The van der Waals surface area contributed by atoms with Crippen molar-refractivity contribution in [2.75, 3.05) is 18.0 Å². The Labute approximate surface area is 312 Å². The number of ether oxygens (including phenoxy) is 1. The average molecular weight is 776 g/mol. The van der Waals surface area contributed by atoms with Gasteiger partial charge < -0.3 is 15.0 Å². The lowest BCUT2D eigenvalue weighted by Crippen LogP contribution is -2.56. The smallest absolute Gasteiger partial charge is 0.273 e. The highest BCUT2D eigenvalue weighted by Crippen LogP contribution is 2.36. The summed E-state index contributed by atoms with van der Waals surface area (Å²) in [5, 5.41) is 15.3. The van der Waals surface area contributed by atoms with Crippen LogP contribution in [-0.2, 0) is 32.6 Å². The van der Waals surface area contributed by atoms with Crippen LogP contribution >= 0.6 is 34.8 Å². The van der Waals surface area contributed by atoms with E-state index in [9.17, 15) is 28.1 Å². The predicted octanol–water partition coefficient (Wildman–Crippen LogP) is 7.62. The van der Waals surface area contributed by atoms with E-state index in [1.54, 1.807) is 63.2 Å². The van der Waals surface area contributed by atoms with Crippen molar-refractivity contribution in [3.05, 3.63) is 127 Å². The van der Waals surface area contributed by atoms with Crippen molar-refractivity contribution in [2.45, 2.75) is 57.1 Å². The molecule has 15 heteroatoms. The first-order valence-electron chi connectivity index (χ1n) is 15.6. The minimum atomic E-state index is -4.74. The molecule has 0 saturated carbocycles. The third-order valence-corrected chi connectivity index (χ3v) is 10.5. The first-order chi connectivity index (χ1) is 23.9. The fourth-order valence-electron chi connectivity index (χ4n) is 5.31. The maximum Gasteiger partial charge on any atom is 0.273 e. The molecule has 0 radical (unpaired) electrons. The van der Waals surface area contributed by atoms with Gasteiger partial charge in [-0.3, -0.25) is 24.0 Å². The third kappa shape index (κ3) is 9.70. The molecule has 2 amide bonds. The van der Waals surface area contributed by atoms with Crippen LogP contribution in [0.2, 0.25) is 15.1 Å². The van der Waals surface area contributed by atoms with Gasteiger partial charge in [0.15, 0.2) is 0 Å². The molecule has 0 fully saturated rings. The Morgan fingerprint density at radius 3 is 2.18 bits per heavy atom. The summed E-state index contributed by atoms with van der Waals surface area (Å²) in [4.78, 5) is 40.8. The molecule has 11 nitrogen and oxygen atoms in total. The number of anilines is 1. The lowest BCUT2D eigenvalue weighted by atomic mass is 10.0. The average Bonchev–Trinajstić information content (AvgIpc) is 3.05. The Hall–Kier alpha value is -4.36. The van der Waals surface area contributed by atoms with Crippen molar-refractivity contribution < 1.29 is 27.7 Å². The Morgan fingerprint density at radius 1 is 0.941 bits per heavy atom. The van der Waals surface area contributed by atoms with Crippen LogP contribution in [0.3, 0.4) is 0 Å². The van der Waals surface area contributed by atoms with Gasteiger partial charge in [-0.05, 0) is 69.7 Å². The van der Waals surface area contributed by atoms with E-state index in [2.05, 4.69) is 5.32 Å². The van der Waals surface area contributed by atoms with E-state index in [1.807, 2.05) is 6.07 Å². The van der Waals surface area contributed by atoms with Gasteiger partial charge >= 0.3 is 0 Å². The van der Waals surface area contributed by atoms with E-state index in [-0.39, 0.29) is 45.0 Å². The lowest BCUT2D eigenvalue weighted by Gasteiger charge is -2.35. The summed E-state index contributed by atoms with van der Waals surface area (Å²) in [6.45, 7) is 5.70. The maximum atomic E-state index is 14.8. The molecule has 51 heavy (non-hydrogen) atoms. The third-order valence-electron chi connectivity index (χ3n) is 7.81. The number of amides is 2. The molecule has 4 aromatic rings. The lowest BCUT2D eigenvalue weighted by molar-refractivity contribution is -0.385. The highest BCUT2D eigenvalue weighted by atomic mass is 35.5. The summed E-state index contributed by atoms with van der Waals surface area (Å²) in [7, 11) is -3.42. The van der Waals surface area contributed by atoms with Gasteiger partial charge in [-0.15, -0.1) is 0 Å². The second kappa shape index (κ2) is 16.3. The van der Waals surface area contributed by atoms with Crippen LogP contribution in [0.1, 0.15) is 37.5 Å². The quantitative estimate of drug-likeness (QED) is 0.109. The summed E-state index contributed by atoms with van der Waals surface area (Å²) < 4.78 is 35.3. The number of nitro groups is 1. The van der Waals surface area contributed by atoms with Crippen molar-refractivity contribution in [3.63, 3.8) is 0 Å². The number of hydrogen-bond donors (Lipinski definition) is 1. The highest BCUT2D eigenvalue weighted by molar-refractivity contribution is 7.92. The number of hydrogen-bond acceptors (Lipinski definition) is 7. The van der Waals surface area contributed by atoms with Crippen molar-refractivity contribution in [3.8, 4) is 5.75 Å². The minimum absolute atomic E-state index is 0.0457. The Kier molecular flexibility index (Phi) is 12.6. The fourth-order valence-corrected chi connectivity index (χ4v) is 7.43. The number of carbonyl (C=O) groups is 2. The molecule has 0 spiro atoms. The number of sulfonamides is 1. The number of nitrogens with zero attached hydrogens (tertiary/aromatic N) is 3. The van der Waals surface area contributed by atoms with Crippen LogP contribution in [0.4, 0.5) is 11.4 Å². The van der Waals surface area contributed by atoms with Crippen LogP contribution < -0.4 is 14.4 Å². The van der Waals surface area contributed by atoms with E-state index in [0.29, 0.717) is 5.56 Å². The standard InChI is InChI=1S/C36H37Cl3N4O7S/c1-23-14-16-26(20-30(23)43(46)47)51(48,49)42(31-19-25(37)15-17-33(31)50-5)22-34(44)41(21-27-28(38)12-9-13-29(27)39)32(35(45)40-36(2,3)4)18-24-10-7-6-8-11-24/h6-17,19-20,32H,18,21-22H2,1-5H3,(H,40,45). The van der Waals surface area contributed by atoms with Crippen molar-refractivity contribution in [1.29, 1.82) is 0 Å². The molecule has 1 N–H and O–H groups in total. The molecule has 0 saturated heterocycles. The monoisotopic (exact) mass is 774 g/mol. The molecule has 0 heterocycles. The van der Waals surface area contributed by atoms with E-state index in [4.69, 9.17) is 39.5 Å². The number of methoxy groups -OCH3 is 1. The number of nitro benzene ring substituents is 1. The Bertz CT molecular complexity index is 2020. The van der Waals surface area contributed by atoms with E-state index >= 15 is 0 Å². The van der Waals surface area contributed by atoms with E-state index in [0.717, 1.165) is 15.9 Å². The Balaban J connectivity index is 1.94. The fraction of sp³-hybridized carbons (Fsp3) is 0.278. The van der Waals surface area contributed by atoms with E-state index in [1.165, 1.54) is 49.3 Å². The minimum Gasteiger partial charge on any atom is -0.495 e. The second-order valence-electron chi connectivity index (χ2n) is 12.7. The molecule has 4 rings (SSSR count). The molecule has 4 aromatic carbocycles. The molecule has 1 unspecified atom stereocenters. The Morgan fingerprint density at radius 2 is 1.59 bits per heavy atom. The van der Waals surface area contributed by atoms with Gasteiger partial charge in [-0.1, -0.05) is 77.3 Å². The van der Waals surface area contributed by atoms with Crippen LogP contribution in [0.15, 0.2) is 89.8 Å². The normalized spacial score (nSPS) is 12.2. The molecule has 0 aliphatic rings. The molecular formula is C36H37Cl3N4O7S.